The van der Waals surface area contributed by atoms with Crippen LogP contribution in [0.1, 0.15) is 16.1 Å². The van der Waals surface area contributed by atoms with Crippen LogP contribution in [0.3, 0.4) is 0 Å². The van der Waals surface area contributed by atoms with Gasteiger partial charge >= 0.3 is 0 Å². The Hall–Kier alpha value is -1.85. The maximum absolute atomic E-state index is 12.2. The van der Waals surface area contributed by atoms with Crippen molar-refractivity contribution in [1.29, 1.82) is 0 Å². The molecule has 1 N–H and O–H groups in total. The predicted octanol–water partition coefficient (Wildman–Crippen LogP) is 3.19. The van der Waals surface area contributed by atoms with E-state index in [9.17, 15) is 4.79 Å². The third-order valence-electron chi connectivity index (χ3n) is 2.99. The lowest BCUT2D eigenvalue weighted by atomic mass is 10.2. The fourth-order valence-electron chi connectivity index (χ4n) is 1.93. The fourth-order valence-corrected chi connectivity index (χ4v) is 2.98. The highest BCUT2D eigenvalue weighted by Gasteiger charge is 2.17. The summed E-state index contributed by atoms with van der Waals surface area (Å²) in [6.07, 6.45) is 0.793. The molecule has 0 unspecified atom stereocenters. The number of carbonyl (C=O) groups is 1. The number of rotatable bonds is 7. The Balaban J connectivity index is 2.12. The Bertz CT molecular complexity index is 580. The van der Waals surface area contributed by atoms with Crippen molar-refractivity contribution in [1.82, 2.24) is 5.32 Å². The van der Waals surface area contributed by atoms with Crippen molar-refractivity contribution >= 4 is 17.2 Å². The average Bonchev–Trinajstić information content (AvgIpc) is 2.96. The van der Waals surface area contributed by atoms with Gasteiger partial charge in [-0.3, -0.25) is 4.79 Å². The predicted molar refractivity (Wildman–Crippen MR) is 85.1 cm³/mol. The first-order valence-corrected chi connectivity index (χ1v) is 7.58. The van der Waals surface area contributed by atoms with Gasteiger partial charge in [-0.2, -0.15) is 0 Å². The molecule has 0 saturated heterocycles. The molecule has 0 fully saturated rings. The first kappa shape index (κ1) is 15.5. The van der Waals surface area contributed by atoms with E-state index in [4.69, 9.17) is 9.47 Å². The van der Waals surface area contributed by atoms with E-state index in [-0.39, 0.29) is 5.91 Å². The monoisotopic (exact) mass is 305 g/mol. The van der Waals surface area contributed by atoms with Gasteiger partial charge in [0.05, 0.1) is 7.11 Å². The van der Waals surface area contributed by atoms with E-state index >= 15 is 0 Å². The van der Waals surface area contributed by atoms with Crippen LogP contribution in [0.15, 0.2) is 36.4 Å². The molecule has 2 aromatic rings. The molecular weight excluding hydrogens is 286 g/mol. The lowest BCUT2D eigenvalue weighted by molar-refractivity contribution is 0.0950. The topological polar surface area (TPSA) is 47.6 Å². The molecule has 0 spiro atoms. The van der Waals surface area contributed by atoms with Crippen molar-refractivity contribution in [2.45, 2.75) is 6.42 Å². The zero-order valence-corrected chi connectivity index (χ0v) is 13.0. The standard InChI is InChI=1S/C16H19NO3S/c1-19-10-6-9-17-16(18)15-13(20-2)11-14(21-15)12-7-4-3-5-8-12/h3-5,7-8,11H,6,9-10H2,1-2H3,(H,17,18). The second-order valence-electron chi connectivity index (χ2n) is 4.48. The Morgan fingerprint density at radius 3 is 2.67 bits per heavy atom. The normalized spacial score (nSPS) is 10.4. The Morgan fingerprint density at radius 2 is 2.00 bits per heavy atom. The quantitative estimate of drug-likeness (QED) is 0.799. The van der Waals surface area contributed by atoms with Gasteiger partial charge in [-0.15, -0.1) is 11.3 Å². The van der Waals surface area contributed by atoms with Crippen LogP contribution in [0.4, 0.5) is 0 Å². The molecule has 0 radical (unpaired) electrons. The van der Waals surface area contributed by atoms with E-state index in [1.807, 2.05) is 36.4 Å². The first-order valence-electron chi connectivity index (χ1n) is 6.76. The van der Waals surface area contributed by atoms with Crippen molar-refractivity contribution in [3.05, 3.63) is 41.3 Å². The maximum atomic E-state index is 12.2. The summed E-state index contributed by atoms with van der Waals surface area (Å²) in [5, 5.41) is 2.88. The zero-order valence-electron chi connectivity index (χ0n) is 12.2. The lowest BCUT2D eigenvalue weighted by Crippen LogP contribution is -2.24. The summed E-state index contributed by atoms with van der Waals surface area (Å²) in [5.74, 6) is 0.512. The summed E-state index contributed by atoms with van der Waals surface area (Å²) >= 11 is 1.44. The molecule has 0 saturated carbocycles. The molecule has 1 aromatic carbocycles. The Morgan fingerprint density at radius 1 is 1.24 bits per heavy atom. The third-order valence-corrected chi connectivity index (χ3v) is 4.16. The van der Waals surface area contributed by atoms with Gasteiger partial charge in [0.2, 0.25) is 0 Å². The van der Waals surface area contributed by atoms with Gasteiger partial charge in [0, 0.05) is 25.1 Å². The molecule has 1 amide bonds. The number of carbonyl (C=O) groups excluding carboxylic acids is 1. The molecule has 1 heterocycles. The van der Waals surface area contributed by atoms with Gasteiger partial charge in [-0.1, -0.05) is 30.3 Å². The van der Waals surface area contributed by atoms with E-state index in [0.717, 1.165) is 16.9 Å². The number of methoxy groups -OCH3 is 2. The van der Waals surface area contributed by atoms with Crippen LogP contribution in [-0.2, 0) is 4.74 Å². The van der Waals surface area contributed by atoms with Crippen molar-refractivity contribution in [2.24, 2.45) is 0 Å². The molecule has 0 aliphatic rings. The van der Waals surface area contributed by atoms with Crippen molar-refractivity contribution < 1.29 is 14.3 Å². The largest absolute Gasteiger partial charge is 0.495 e. The smallest absolute Gasteiger partial charge is 0.265 e. The number of hydrogen-bond acceptors (Lipinski definition) is 4. The molecule has 2 rings (SSSR count). The molecule has 112 valence electrons. The average molecular weight is 305 g/mol. The number of nitrogens with one attached hydrogen (secondary N) is 1. The van der Waals surface area contributed by atoms with Crippen LogP contribution < -0.4 is 10.1 Å². The second-order valence-corrected chi connectivity index (χ2v) is 5.53. The third kappa shape index (κ3) is 4.06. The van der Waals surface area contributed by atoms with Crippen molar-refractivity contribution in [3.63, 3.8) is 0 Å². The van der Waals surface area contributed by atoms with Crippen LogP contribution >= 0.6 is 11.3 Å². The molecule has 5 heteroatoms. The first-order chi connectivity index (χ1) is 10.3. The summed E-state index contributed by atoms with van der Waals surface area (Å²) in [7, 11) is 3.23. The molecule has 1 aromatic heterocycles. The fraction of sp³-hybridized carbons (Fsp3) is 0.312. The van der Waals surface area contributed by atoms with E-state index < -0.39 is 0 Å². The number of ether oxygens (including phenoxy) is 2. The molecule has 0 bridgehead atoms. The number of amides is 1. The molecule has 4 nitrogen and oxygen atoms in total. The van der Waals surface area contributed by atoms with Gasteiger partial charge in [0.25, 0.3) is 5.91 Å². The van der Waals surface area contributed by atoms with Crippen LogP contribution in [0.5, 0.6) is 5.75 Å². The highest BCUT2D eigenvalue weighted by Crippen LogP contribution is 2.35. The van der Waals surface area contributed by atoms with Crippen LogP contribution in [0, 0.1) is 0 Å². The van der Waals surface area contributed by atoms with Gasteiger partial charge < -0.3 is 14.8 Å². The van der Waals surface area contributed by atoms with Crippen LogP contribution in [0.25, 0.3) is 10.4 Å². The van der Waals surface area contributed by atoms with Crippen molar-refractivity contribution in [3.8, 4) is 16.2 Å². The summed E-state index contributed by atoms with van der Waals surface area (Å²) < 4.78 is 10.3. The van der Waals surface area contributed by atoms with Gasteiger partial charge in [-0.05, 0) is 18.1 Å². The van der Waals surface area contributed by atoms with E-state index in [1.54, 1.807) is 14.2 Å². The summed E-state index contributed by atoms with van der Waals surface area (Å²) in [4.78, 5) is 13.8. The minimum Gasteiger partial charge on any atom is -0.495 e. The van der Waals surface area contributed by atoms with E-state index in [0.29, 0.717) is 23.8 Å². The lowest BCUT2D eigenvalue weighted by Gasteiger charge is -2.04. The highest BCUT2D eigenvalue weighted by molar-refractivity contribution is 7.17. The second kappa shape index (κ2) is 7.81. The molecule has 0 atom stereocenters. The van der Waals surface area contributed by atoms with Gasteiger partial charge in [0.15, 0.2) is 0 Å². The van der Waals surface area contributed by atoms with Crippen molar-refractivity contribution in [2.75, 3.05) is 27.4 Å². The maximum Gasteiger partial charge on any atom is 0.265 e. The van der Waals surface area contributed by atoms with E-state index in [2.05, 4.69) is 5.32 Å². The van der Waals surface area contributed by atoms with Crippen LogP contribution in [0.2, 0.25) is 0 Å². The number of thiophene rings is 1. The Kier molecular flexibility index (Phi) is 5.78. The highest BCUT2D eigenvalue weighted by atomic mass is 32.1. The van der Waals surface area contributed by atoms with Gasteiger partial charge in [0.1, 0.15) is 10.6 Å². The molecule has 0 aliphatic heterocycles. The van der Waals surface area contributed by atoms with Crippen LogP contribution in [-0.4, -0.2) is 33.3 Å². The van der Waals surface area contributed by atoms with Gasteiger partial charge in [-0.25, -0.2) is 0 Å². The zero-order chi connectivity index (χ0) is 15.1. The number of hydrogen-bond donors (Lipinski definition) is 1. The minimum absolute atomic E-state index is 0.102. The molecular formula is C16H19NO3S. The molecule has 21 heavy (non-hydrogen) atoms. The summed E-state index contributed by atoms with van der Waals surface area (Å²) in [5.41, 5.74) is 1.08. The SMILES string of the molecule is COCCCNC(=O)c1sc(-c2ccccc2)cc1OC. The summed E-state index contributed by atoms with van der Waals surface area (Å²) in [6, 6.07) is 11.9. The molecule has 0 aliphatic carbocycles. The van der Waals surface area contributed by atoms with E-state index in [1.165, 1.54) is 11.3 Å². The Labute approximate surface area is 128 Å². The minimum atomic E-state index is -0.102. The number of benzene rings is 1. The summed E-state index contributed by atoms with van der Waals surface area (Å²) in [6.45, 7) is 1.23.